The van der Waals surface area contributed by atoms with E-state index in [9.17, 15) is 0 Å². The van der Waals surface area contributed by atoms with E-state index in [2.05, 4.69) is 22.6 Å². The van der Waals surface area contributed by atoms with Crippen LogP contribution in [0.25, 0.3) is 0 Å². The van der Waals surface area contributed by atoms with Gasteiger partial charge in [0, 0.05) is 32.2 Å². The molecule has 0 spiro atoms. The van der Waals surface area contributed by atoms with Crippen LogP contribution in [0, 0.1) is 6.92 Å². The summed E-state index contributed by atoms with van der Waals surface area (Å²) in [5.74, 6) is 0. The van der Waals surface area contributed by atoms with Crippen molar-refractivity contribution >= 4 is 17.3 Å². The second-order valence-corrected chi connectivity index (χ2v) is 4.25. The molecule has 3 nitrogen and oxygen atoms in total. The number of nitrogens with zero attached hydrogens (tertiary/aromatic N) is 2. The number of halogens is 1. The van der Waals surface area contributed by atoms with Crippen LogP contribution in [0.15, 0.2) is 30.7 Å². The highest BCUT2D eigenvalue weighted by Crippen LogP contribution is 2.20. The van der Waals surface area contributed by atoms with Gasteiger partial charge in [-0.05, 0) is 30.2 Å². The number of aromatic nitrogens is 2. The lowest BCUT2D eigenvalue weighted by molar-refractivity contribution is 0.920. The molecule has 16 heavy (non-hydrogen) atoms. The monoisotopic (exact) mass is 235 g/mol. The molecule has 0 amide bonds. The second kappa shape index (κ2) is 4.58. The van der Waals surface area contributed by atoms with Gasteiger partial charge in [0.05, 0.1) is 5.69 Å². The molecule has 0 saturated carbocycles. The highest BCUT2D eigenvalue weighted by Gasteiger charge is 2.01. The molecule has 0 saturated heterocycles. The third-order valence-electron chi connectivity index (χ3n) is 2.35. The summed E-state index contributed by atoms with van der Waals surface area (Å²) in [5, 5.41) is 3.79. The van der Waals surface area contributed by atoms with Crippen molar-refractivity contribution in [3.05, 3.63) is 47.0 Å². The van der Waals surface area contributed by atoms with Gasteiger partial charge < -0.3 is 9.88 Å². The first-order valence-electron chi connectivity index (χ1n) is 5.12. The van der Waals surface area contributed by atoms with E-state index >= 15 is 0 Å². The molecule has 1 N–H and O–H groups in total. The van der Waals surface area contributed by atoms with Gasteiger partial charge in [0.1, 0.15) is 0 Å². The largest absolute Gasteiger partial charge is 0.378 e. The summed E-state index contributed by atoms with van der Waals surface area (Å²) in [5.41, 5.74) is 3.20. The molecular weight excluding hydrogens is 222 g/mol. The first-order valence-corrected chi connectivity index (χ1v) is 5.50. The van der Waals surface area contributed by atoms with Crippen molar-refractivity contribution < 1.29 is 0 Å². The van der Waals surface area contributed by atoms with Crippen LogP contribution in [0.3, 0.4) is 0 Å². The average molecular weight is 236 g/mol. The Bertz CT molecular complexity index is 491. The predicted molar refractivity (Wildman–Crippen MR) is 66.7 cm³/mol. The van der Waals surface area contributed by atoms with Crippen LogP contribution in [0.4, 0.5) is 5.69 Å². The van der Waals surface area contributed by atoms with Crippen molar-refractivity contribution in [3.8, 4) is 0 Å². The van der Waals surface area contributed by atoms with E-state index in [1.807, 2.05) is 30.8 Å². The molecule has 0 aromatic carbocycles. The van der Waals surface area contributed by atoms with Crippen LogP contribution in [-0.2, 0) is 13.6 Å². The Morgan fingerprint density at radius 1 is 1.50 bits per heavy atom. The quantitative estimate of drug-likeness (QED) is 0.829. The number of aryl methyl sites for hydroxylation is 2. The number of nitrogens with one attached hydrogen (secondary N) is 1. The molecule has 2 aromatic rings. The molecule has 0 aliphatic heterocycles. The minimum atomic E-state index is 0.515. The fraction of sp³-hybridized carbons (Fsp3) is 0.250. The Labute approximate surface area is 100 Å². The van der Waals surface area contributed by atoms with Gasteiger partial charge in [-0.1, -0.05) is 11.6 Å². The zero-order valence-electron chi connectivity index (χ0n) is 9.37. The lowest BCUT2D eigenvalue weighted by Gasteiger charge is -2.07. The van der Waals surface area contributed by atoms with Crippen molar-refractivity contribution in [2.75, 3.05) is 5.32 Å². The maximum atomic E-state index is 5.99. The third kappa shape index (κ3) is 2.55. The van der Waals surface area contributed by atoms with Gasteiger partial charge in [0.15, 0.2) is 5.15 Å². The van der Waals surface area contributed by atoms with Crippen LogP contribution < -0.4 is 5.32 Å². The van der Waals surface area contributed by atoms with Crippen molar-refractivity contribution in [1.82, 2.24) is 9.55 Å². The smallest absolute Gasteiger partial charge is 0.152 e. The van der Waals surface area contributed by atoms with Gasteiger partial charge in [-0.25, -0.2) is 4.98 Å². The molecule has 0 aliphatic rings. The molecule has 2 aromatic heterocycles. The lowest BCUT2D eigenvalue weighted by Crippen LogP contribution is -2.00. The van der Waals surface area contributed by atoms with Gasteiger partial charge in [0.2, 0.25) is 0 Å². The number of pyridine rings is 1. The van der Waals surface area contributed by atoms with Crippen LogP contribution in [0.2, 0.25) is 5.15 Å². The van der Waals surface area contributed by atoms with E-state index in [1.165, 1.54) is 5.56 Å². The van der Waals surface area contributed by atoms with E-state index < -0.39 is 0 Å². The van der Waals surface area contributed by atoms with Crippen LogP contribution in [0.5, 0.6) is 0 Å². The normalized spacial score (nSPS) is 10.4. The molecular formula is C12H14ClN3. The minimum Gasteiger partial charge on any atom is -0.378 e. The van der Waals surface area contributed by atoms with Crippen molar-refractivity contribution in [2.24, 2.45) is 7.05 Å². The van der Waals surface area contributed by atoms with E-state index in [0.717, 1.165) is 17.8 Å². The fourth-order valence-electron chi connectivity index (χ4n) is 1.54. The van der Waals surface area contributed by atoms with Crippen molar-refractivity contribution in [2.45, 2.75) is 13.5 Å². The standard InChI is InChI=1S/C12H14ClN3/c1-9-5-11(12(13)15-6-9)14-7-10-3-4-16(2)8-10/h3-6,8,14H,7H2,1-2H3. The Morgan fingerprint density at radius 2 is 2.31 bits per heavy atom. The second-order valence-electron chi connectivity index (χ2n) is 3.89. The zero-order valence-corrected chi connectivity index (χ0v) is 10.1. The Balaban J connectivity index is 2.07. The topological polar surface area (TPSA) is 29.9 Å². The Morgan fingerprint density at radius 3 is 3.00 bits per heavy atom. The Kier molecular flexibility index (Phi) is 3.15. The molecule has 0 unspecified atom stereocenters. The highest BCUT2D eigenvalue weighted by molar-refractivity contribution is 6.31. The van der Waals surface area contributed by atoms with Crippen LogP contribution in [-0.4, -0.2) is 9.55 Å². The van der Waals surface area contributed by atoms with Crippen LogP contribution >= 0.6 is 11.6 Å². The summed E-state index contributed by atoms with van der Waals surface area (Å²) >= 11 is 5.99. The zero-order chi connectivity index (χ0) is 11.5. The van der Waals surface area contributed by atoms with E-state index in [0.29, 0.717) is 5.15 Å². The summed E-state index contributed by atoms with van der Waals surface area (Å²) in [7, 11) is 2.00. The predicted octanol–water partition coefficient (Wildman–Crippen LogP) is 2.99. The summed E-state index contributed by atoms with van der Waals surface area (Å²) in [6.45, 7) is 2.75. The van der Waals surface area contributed by atoms with Gasteiger partial charge >= 0.3 is 0 Å². The SMILES string of the molecule is Cc1cnc(Cl)c(NCc2ccn(C)c2)c1. The molecule has 0 fully saturated rings. The van der Waals surface area contributed by atoms with Gasteiger partial charge in [-0.2, -0.15) is 0 Å². The van der Waals surface area contributed by atoms with E-state index in [1.54, 1.807) is 6.20 Å². The molecule has 2 heterocycles. The van der Waals surface area contributed by atoms with E-state index in [-0.39, 0.29) is 0 Å². The molecule has 2 rings (SSSR count). The summed E-state index contributed by atoms with van der Waals surface area (Å²) in [4.78, 5) is 4.09. The Hall–Kier alpha value is -1.48. The van der Waals surface area contributed by atoms with Gasteiger partial charge in [-0.15, -0.1) is 0 Å². The van der Waals surface area contributed by atoms with Crippen molar-refractivity contribution in [1.29, 1.82) is 0 Å². The first kappa shape index (κ1) is 11.0. The van der Waals surface area contributed by atoms with Gasteiger partial charge in [-0.3, -0.25) is 0 Å². The van der Waals surface area contributed by atoms with Gasteiger partial charge in [0.25, 0.3) is 0 Å². The average Bonchev–Trinajstić information content (AvgIpc) is 2.66. The summed E-state index contributed by atoms with van der Waals surface area (Å²) in [6.07, 6.45) is 5.85. The minimum absolute atomic E-state index is 0.515. The maximum absolute atomic E-state index is 5.99. The number of hydrogen-bond acceptors (Lipinski definition) is 2. The molecule has 0 aliphatic carbocycles. The third-order valence-corrected chi connectivity index (χ3v) is 2.65. The number of rotatable bonds is 3. The molecule has 0 bridgehead atoms. The lowest BCUT2D eigenvalue weighted by atomic mass is 10.3. The summed E-state index contributed by atoms with van der Waals surface area (Å²) in [6, 6.07) is 4.07. The molecule has 4 heteroatoms. The highest BCUT2D eigenvalue weighted by atomic mass is 35.5. The molecule has 0 atom stereocenters. The summed E-state index contributed by atoms with van der Waals surface area (Å²) < 4.78 is 2.02. The maximum Gasteiger partial charge on any atom is 0.152 e. The fourth-order valence-corrected chi connectivity index (χ4v) is 1.71. The molecule has 0 radical (unpaired) electrons. The van der Waals surface area contributed by atoms with E-state index in [4.69, 9.17) is 11.6 Å². The van der Waals surface area contributed by atoms with Crippen molar-refractivity contribution in [3.63, 3.8) is 0 Å². The van der Waals surface area contributed by atoms with Crippen LogP contribution in [0.1, 0.15) is 11.1 Å². The number of hydrogen-bond donors (Lipinski definition) is 1. The first-order chi connectivity index (χ1) is 7.65. The number of anilines is 1. The molecule has 84 valence electrons.